The van der Waals surface area contributed by atoms with Crippen LogP contribution in [0.4, 0.5) is 26.3 Å². The molecule has 1 spiro atoms. The van der Waals surface area contributed by atoms with Gasteiger partial charge in [-0.1, -0.05) is 36.6 Å². The van der Waals surface area contributed by atoms with Gasteiger partial charge in [-0.3, -0.25) is 4.79 Å². The van der Waals surface area contributed by atoms with E-state index in [2.05, 4.69) is 33.8 Å². The summed E-state index contributed by atoms with van der Waals surface area (Å²) >= 11 is 0. The van der Waals surface area contributed by atoms with E-state index in [1.54, 1.807) is 0 Å². The second-order valence-electron chi connectivity index (χ2n) is 9.85. The van der Waals surface area contributed by atoms with Crippen molar-refractivity contribution in [3.63, 3.8) is 0 Å². The van der Waals surface area contributed by atoms with Gasteiger partial charge in [0.1, 0.15) is 0 Å². The van der Waals surface area contributed by atoms with Gasteiger partial charge < -0.3 is 10.2 Å². The standard InChI is InChI=1S/C27H28F6N2O/c1-18-22(26(28,29)30)15-19(16-23(18)27(31,32)33)17-34-24(36)7-4-12-35-13-10-25(11-14-35)9-8-20-5-2-3-6-21(20)25/h5-6,8-9,15-16,18,22H,4,7,10-14,17H2,1H3,(H,34,36). The second kappa shape index (κ2) is 9.97. The maximum Gasteiger partial charge on any atom is 0.412 e. The summed E-state index contributed by atoms with van der Waals surface area (Å²) in [6.07, 6.45) is 2.79. The van der Waals surface area contributed by atoms with E-state index in [0.717, 1.165) is 45.0 Å². The fraction of sp³-hybridized carbons (Fsp3) is 0.519. The fourth-order valence-corrected chi connectivity index (χ4v) is 5.44. The zero-order valence-corrected chi connectivity index (χ0v) is 19.9. The number of carbonyl (C=O) groups is 1. The van der Waals surface area contributed by atoms with Crippen LogP contribution in [-0.4, -0.2) is 49.3 Å². The quantitative estimate of drug-likeness (QED) is 0.354. The van der Waals surface area contributed by atoms with E-state index in [1.807, 2.05) is 12.2 Å². The number of hydrogen-bond acceptors (Lipinski definition) is 2. The van der Waals surface area contributed by atoms with Crippen LogP contribution in [0.15, 0.2) is 70.2 Å². The Morgan fingerprint density at radius 1 is 1.14 bits per heavy atom. The summed E-state index contributed by atoms with van der Waals surface area (Å²) < 4.78 is 79.7. The molecule has 1 aliphatic heterocycles. The lowest BCUT2D eigenvalue weighted by molar-refractivity contribution is -0.177. The van der Waals surface area contributed by atoms with Crippen molar-refractivity contribution in [2.24, 2.45) is 17.3 Å². The van der Waals surface area contributed by atoms with E-state index in [9.17, 15) is 31.1 Å². The highest BCUT2D eigenvalue weighted by Gasteiger charge is 2.50. The Morgan fingerprint density at radius 3 is 2.50 bits per heavy atom. The normalized spacial score (nSPS) is 25.3. The van der Waals surface area contributed by atoms with Crippen molar-refractivity contribution in [3.05, 3.63) is 70.2 Å². The van der Waals surface area contributed by atoms with E-state index in [-0.39, 0.29) is 24.0 Å². The van der Waals surface area contributed by atoms with Crippen LogP contribution >= 0.6 is 0 Å². The Morgan fingerprint density at radius 2 is 1.83 bits per heavy atom. The van der Waals surface area contributed by atoms with Gasteiger partial charge in [0.05, 0.1) is 5.92 Å². The number of fused-ring (bicyclic) bond motifs is 1. The summed E-state index contributed by atoms with van der Waals surface area (Å²) in [6, 6.07) is 0. The van der Waals surface area contributed by atoms with E-state index in [0.29, 0.717) is 13.0 Å². The van der Waals surface area contributed by atoms with Crippen molar-refractivity contribution >= 4 is 5.91 Å². The zero-order chi connectivity index (χ0) is 26.1. The number of rotatable bonds is 6. The van der Waals surface area contributed by atoms with E-state index in [1.165, 1.54) is 11.1 Å². The number of allylic oxidation sites excluding steroid dienone is 8. The minimum atomic E-state index is -4.87. The Labute approximate surface area is 206 Å². The molecule has 1 fully saturated rings. The largest absolute Gasteiger partial charge is 0.412 e. The molecule has 194 valence electrons. The molecule has 0 radical (unpaired) electrons. The number of hydrogen-bond donors (Lipinski definition) is 1. The molecule has 1 amide bonds. The average molecular weight is 511 g/mol. The molecule has 3 aliphatic carbocycles. The molecule has 0 aromatic heterocycles. The van der Waals surface area contributed by atoms with Crippen LogP contribution in [-0.2, 0) is 4.79 Å². The predicted octanol–water partition coefficient (Wildman–Crippen LogP) is 5.95. The Bertz CT molecular complexity index is 1120. The first-order chi connectivity index (χ1) is 16.9. The maximum atomic E-state index is 13.3. The molecule has 1 saturated heterocycles. The van der Waals surface area contributed by atoms with Crippen molar-refractivity contribution in [1.82, 2.24) is 10.2 Å². The highest BCUT2D eigenvalue weighted by Crippen LogP contribution is 2.47. The number of nitrogens with zero attached hydrogens (tertiary/aromatic N) is 1. The van der Waals surface area contributed by atoms with Crippen LogP contribution in [0.5, 0.6) is 0 Å². The molecule has 0 bridgehead atoms. The Balaban J connectivity index is 1.24. The van der Waals surface area contributed by atoms with Crippen LogP contribution in [0.2, 0.25) is 0 Å². The third kappa shape index (κ3) is 5.64. The number of amides is 1. The van der Waals surface area contributed by atoms with Gasteiger partial charge in [-0.05, 0) is 73.8 Å². The summed E-state index contributed by atoms with van der Waals surface area (Å²) in [6.45, 7) is 3.00. The van der Waals surface area contributed by atoms with Gasteiger partial charge in [0.25, 0.3) is 0 Å². The maximum absolute atomic E-state index is 13.3. The number of halogens is 6. The average Bonchev–Trinajstić information content (AvgIpc) is 3.16. The van der Waals surface area contributed by atoms with Gasteiger partial charge >= 0.3 is 12.4 Å². The molecule has 0 aromatic carbocycles. The van der Waals surface area contributed by atoms with Gasteiger partial charge in [-0.25, -0.2) is 0 Å². The predicted molar refractivity (Wildman–Crippen MR) is 124 cm³/mol. The molecule has 1 N–H and O–H groups in total. The van der Waals surface area contributed by atoms with Gasteiger partial charge in [0, 0.05) is 29.9 Å². The minimum absolute atomic E-state index is 0.0249. The number of likely N-dealkylation sites (tertiary alicyclic amines) is 1. The second-order valence-corrected chi connectivity index (χ2v) is 9.85. The molecule has 2 unspecified atom stereocenters. The third-order valence-corrected chi connectivity index (χ3v) is 7.54. The summed E-state index contributed by atoms with van der Waals surface area (Å²) in [5, 5.41) is 2.48. The SMILES string of the molecule is CC1C(C(F)(F)F)=CC(CNC(=O)CCCN2CCC3(C=CC4=C3C=C=C=C4)CC2)=CC1C(F)(F)F. The van der Waals surface area contributed by atoms with Crippen molar-refractivity contribution < 1.29 is 31.1 Å². The lowest BCUT2D eigenvalue weighted by atomic mass is 9.73. The molecular formula is C27H28F6N2O. The first kappa shape index (κ1) is 26.3. The van der Waals surface area contributed by atoms with Crippen molar-refractivity contribution in [2.75, 3.05) is 26.2 Å². The molecule has 36 heavy (non-hydrogen) atoms. The lowest BCUT2D eigenvalue weighted by Gasteiger charge is -2.39. The molecular weight excluding hydrogens is 482 g/mol. The highest BCUT2D eigenvalue weighted by molar-refractivity contribution is 5.76. The molecule has 1 heterocycles. The smallest absolute Gasteiger partial charge is 0.352 e. The number of piperidine rings is 1. The topological polar surface area (TPSA) is 32.3 Å². The molecule has 2 atom stereocenters. The summed E-state index contributed by atoms with van der Waals surface area (Å²) in [4.78, 5) is 14.5. The summed E-state index contributed by atoms with van der Waals surface area (Å²) in [5.41, 5.74) is 7.09. The Hall–Kier alpha value is -2.73. The lowest BCUT2D eigenvalue weighted by Crippen LogP contribution is -2.40. The van der Waals surface area contributed by atoms with E-state index >= 15 is 0 Å². The van der Waals surface area contributed by atoms with Crippen molar-refractivity contribution in [2.45, 2.75) is 45.0 Å². The molecule has 0 aromatic rings. The molecule has 3 nitrogen and oxygen atoms in total. The number of alkyl halides is 6. The zero-order valence-electron chi connectivity index (χ0n) is 19.9. The van der Waals surface area contributed by atoms with Crippen LogP contribution in [0.25, 0.3) is 0 Å². The highest BCUT2D eigenvalue weighted by atomic mass is 19.4. The van der Waals surface area contributed by atoms with E-state index < -0.39 is 35.7 Å². The first-order valence-corrected chi connectivity index (χ1v) is 12.1. The van der Waals surface area contributed by atoms with Crippen LogP contribution < -0.4 is 5.32 Å². The van der Waals surface area contributed by atoms with Crippen molar-refractivity contribution in [1.29, 1.82) is 0 Å². The van der Waals surface area contributed by atoms with Crippen LogP contribution in [0, 0.1) is 17.3 Å². The van der Waals surface area contributed by atoms with Gasteiger partial charge in [-0.15, -0.1) is 0 Å². The van der Waals surface area contributed by atoms with Crippen LogP contribution in [0.1, 0.15) is 32.6 Å². The van der Waals surface area contributed by atoms with Gasteiger partial charge in [-0.2, -0.15) is 26.3 Å². The molecule has 4 rings (SSSR count). The van der Waals surface area contributed by atoms with Gasteiger partial charge in [0.2, 0.25) is 5.91 Å². The Kier molecular flexibility index (Phi) is 7.29. The molecule has 9 heteroatoms. The fourth-order valence-electron chi connectivity index (χ4n) is 5.44. The summed E-state index contributed by atoms with van der Waals surface area (Å²) in [7, 11) is 0. The van der Waals surface area contributed by atoms with Crippen LogP contribution in [0.3, 0.4) is 0 Å². The number of carbonyl (C=O) groups excluding carboxylic acids is 1. The molecule has 4 aliphatic rings. The first-order valence-electron chi connectivity index (χ1n) is 12.1. The number of nitrogens with one attached hydrogen (secondary N) is 1. The summed E-state index contributed by atoms with van der Waals surface area (Å²) in [5.74, 6) is -4.38. The minimum Gasteiger partial charge on any atom is -0.352 e. The monoisotopic (exact) mass is 510 g/mol. The van der Waals surface area contributed by atoms with E-state index in [4.69, 9.17) is 0 Å². The molecule has 0 saturated carbocycles. The van der Waals surface area contributed by atoms with Gasteiger partial charge in [0.15, 0.2) is 0 Å². The van der Waals surface area contributed by atoms with Crippen molar-refractivity contribution in [3.8, 4) is 0 Å². The third-order valence-electron chi connectivity index (χ3n) is 7.54.